The minimum Gasteiger partial charge on any atom is -0.321 e. The fraction of sp³-hybridized carbons (Fsp3) is 0.556. The van der Waals surface area contributed by atoms with Crippen LogP contribution in [0.25, 0.3) is 0 Å². The number of hydrogen-bond donors (Lipinski definition) is 0. The molecule has 1 nitrogen and oxygen atoms in total. The molecular formula is C9H14NS+. The molecule has 0 fully saturated rings. The Hall–Kier alpha value is -0.340. The van der Waals surface area contributed by atoms with E-state index in [1.807, 2.05) is 11.3 Å². The lowest BCUT2D eigenvalue weighted by Gasteiger charge is -2.22. The number of nitrogens with zero attached hydrogens (tertiary/aromatic N) is 1. The van der Waals surface area contributed by atoms with Gasteiger partial charge in [0, 0.05) is 21.4 Å². The molecule has 0 atom stereocenters. The highest BCUT2D eigenvalue weighted by molar-refractivity contribution is 7.10. The highest BCUT2D eigenvalue weighted by Gasteiger charge is 2.29. The smallest absolute Gasteiger partial charge is 0.106 e. The SMILES string of the molecule is Cc1scc2c1C[N+](C)(C)C2. The van der Waals surface area contributed by atoms with Gasteiger partial charge in [-0.25, -0.2) is 0 Å². The summed E-state index contributed by atoms with van der Waals surface area (Å²) in [5.41, 5.74) is 3.19. The number of rotatable bonds is 0. The van der Waals surface area contributed by atoms with Gasteiger partial charge in [0.1, 0.15) is 13.1 Å². The second-order valence-electron chi connectivity index (χ2n) is 4.05. The van der Waals surface area contributed by atoms with Crippen molar-refractivity contribution in [1.82, 2.24) is 0 Å². The number of thiophene rings is 1. The molecule has 2 heterocycles. The predicted octanol–water partition coefficient (Wildman–Crippen LogP) is 2.15. The van der Waals surface area contributed by atoms with Crippen LogP contribution < -0.4 is 0 Å². The Kier molecular flexibility index (Phi) is 1.38. The quantitative estimate of drug-likeness (QED) is 0.521. The molecule has 0 saturated carbocycles. The van der Waals surface area contributed by atoms with Crippen molar-refractivity contribution in [1.29, 1.82) is 0 Å². The first kappa shape index (κ1) is 7.32. The molecule has 1 aromatic heterocycles. The van der Waals surface area contributed by atoms with Crippen molar-refractivity contribution in [3.8, 4) is 0 Å². The third-order valence-electron chi connectivity index (χ3n) is 2.38. The van der Waals surface area contributed by atoms with Crippen LogP contribution in [0.3, 0.4) is 0 Å². The summed E-state index contributed by atoms with van der Waals surface area (Å²) in [5, 5.41) is 2.32. The van der Waals surface area contributed by atoms with Crippen molar-refractivity contribution in [3.05, 3.63) is 21.4 Å². The second kappa shape index (κ2) is 2.08. The molecule has 0 spiro atoms. The first-order valence-electron chi connectivity index (χ1n) is 3.96. The fourth-order valence-electron chi connectivity index (χ4n) is 1.82. The van der Waals surface area contributed by atoms with Gasteiger partial charge in [-0.2, -0.15) is 0 Å². The van der Waals surface area contributed by atoms with Crippen molar-refractivity contribution >= 4 is 11.3 Å². The van der Waals surface area contributed by atoms with E-state index in [1.54, 1.807) is 11.1 Å². The molecule has 0 aromatic carbocycles. The Balaban J connectivity index is 2.42. The average Bonchev–Trinajstić information content (AvgIpc) is 2.31. The van der Waals surface area contributed by atoms with Crippen LogP contribution in [0.5, 0.6) is 0 Å². The molecule has 1 aromatic rings. The highest BCUT2D eigenvalue weighted by Crippen LogP contribution is 2.32. The van der Waals surface area contributed by atoms with Crippen LogP contribution in [-0.4, -0.2) is 18.6 Å². The molecule has 11 heavy (non-hydrogen) atoms. The van der Waals surface area contributed by atoms with Crippen LogP contribution in [0.2, 0.25) is 0 Å². The van der Waals surface area contributed by atoms with E-state index in [9.17, 15) is 0 Å². The molecule has 0 saturated heterocycles. The Morgan fingerprint density at radius 1 is 1.36 bits per heavy atom. The molecule has 0 unspecified atom stereocenters. The number of fused-ring (bicyclic) bond motifs is 1. The van der Waals surface area contributed by atoms with E-state index in [0.717, 1.165) is 4.48 Å². The topological polar surface area (TPSA) is 0 Å². The highest BCUT2D eigenvalue weighted by atomic mass is 32.1. The maximum absolute atomic E-state index is 2.32. The molecule has 0 N–H and O–H groups in total. The van der Waals surface area contributed by atoms with Crippen molar-refractivity contribution in [2.24, 2.45) is 0 Å². The van der Waals surface area contributed by atoms with Crippen molar-refractivity contribution in [2.45, 2.75) is 20.0 Å². The Morgan fingerprint density at radius 3 is 2.73 bits per heavy atom. The Morgan fingerprint density at radius 2 is 2.09 bits per heavy atom. The summed E-state index contributed by atoms with van der Waals surface area (Å²) in [6, 6.07) is 0. The third kappa shape index (κ3) is 1.10. The number of aryl methyl sites for hydroxylation is 1. The second-order valence-corrected chi connectivity index (χ2v) is 5.13. The van der Waals surface area contributed by atoms with E-state index in [4.69, 9.17) is 0 Å². The van der Waals surface area contributed by atoms with Crippen LogP contribution in [0.4, 0.5) is 0 Å². The van der Waals surface area contributed by atoms with E-state index in [1.165, 1.54) is 18.0 Å². The Labute approximate surface area is 71.9 Å². The van der Waals surface area contributed by atoms with Gasteiger partial charge < -0.3 is 4.48 Å². The van der Waals surface area contributed by atoms with E-state index >= 15 is 0 Å². The standard InChI is InChI=1S/C9H14NS/c1-7-9-5-10(2,3)4-8(9)6-11-7/h6H,4-5H2,1-3H3/q+1. The Bertz CT molecular complexity index is 286. The molecule has 0 bridgehead atoms. The van der Waals surface area contributed by atoms with E-state index in [2.05, 4.69) is 26.4 Å². The molecule has 2 heteroatoms. The van der Waals surface area contributed by atoms with Crippen molar-refractivity contribution in [2.75, 3.05) is 14.1 Å². The largest absolute Gasteiger partial charge is 0.321 e. The third-order valence-corrected chi connectivity index (χ3v) is 3.38. The lowest BCUT2D eigenvalue weighted by atomic mass is 10.2. The summed E-state index contributed by atoms with van der Waals surface area (Å²) in [4.78, 5) is 1.52. The minimum atomic E-state index is 1.14. The van der Waals surface area contributed by atoms with Crippen LogP contribution in [0.1, 0.15) is 16.0 Å². The van der Waals surface area contributed by atoms with Gasteiger partial charge in [-0.3, -0.25) is 0 Å². The van der Waals surface area contributed by atoms with Gasteiger partial charge >= 0.3 is 0 Å². The molecule has 1 aliphatic heterocycles. The van der Waals surface area contributed by atoms with Crippen LogP contribution in [0, 0.1) is 6.92 Å². The fourth-order valence-corrected chi connectivity index (χ4v) is 2.69. The molecule has 0 radical (unpaired) electrons. The molecule has 0 amide bonds. The van der Waals surface area contributed by atoms with Crippen LogP contribution >= 0.6 is 11.3 Å². The lowest BCUT2D eigenvalue weighted by Crippen LogP contribution is -2.32. The zero-order valence-corrected chi connectivity index (χ0v) is 8.16. The van der Waals surface area contributed by atoms with Crippen molar-refractivity contribution in [3.63, 3.8) is 0 Å². The van der Waals surface area contributed by atoms with Gasteiger partial charge in [-0.05, 0) is 6.92 Å². The van der Waals surface area contributed by atoms with Gasteiger partial charge in [0.25, 0.3) is 0 Å². The first-order valence-corrected chi connectivity index (χ1v) is 4.84. The maximum atomic E-state index is 2.32. The predicted molar refractivity (Wildman–Crippen MR) is 48.6 cm³/mol. The summed E-state index contributed by atoms with van der Waals surface area (Å²) in [6.07, 6.45) is 0. The molecular weight excluding hydrogens is 154 g/mol. The van der Waals surface area contributed by atoms with Gasteiger partial charge in [-0.1, -0.05) is 0 Å². The van der Waals surface area contributed by atoms with E-state index in [0.29, 0.717) is 0 Å². The zero-order chi connectivity index (χ0) is 8.06. The molecule has 60 valence electrons. The molecule has 0 aliphatic carbocycles. The first-order chi connectivity index (χ1) is 5.08. The summed E-state index contributed by atoms with van der Waals surface area (Å²) >= 11 is 1.90. The average molecular weight is 168 g/mol. The molecule has 1 aliphatic rings. The number of hydrogen-bond acceptors (Lipinski definition) is 1. The summed E-state index contributed by atoms with van der Waals surface area (Å²) < 4.78 is 1.14. The summed E-state index contributed by atoms with van der Waals surface area (Å²) in [6.45, 7) is 4.68. The van der Waals surface area contributed by atoms with E-state index < -0.39 is 0 Å². The summed E-state index contributed by atoms with van der Waals surface area (Å²) in [7, 11) is 4.59. The monoisotopic (exact) mass is 168 g/mol. The van der Waals surface area contributed by atoms with E-state index in [-0.39, 0.29) is 0 Å². The number of quaternary nitrogens is 1. The van der Waals surface area contributed by atoms with Gasteiger partial charge in [0.15, 0.2) is 0 Å². The van der Waals surface area contributed by atoms with Crippen LogP contribution in [-0.2, 0) is 13.1 Å². The lowest BCUT2D eigenvalue weighted by molar-refractivity contribution is -0.910. The maximum Gasteiger partial charge on any atom is 0.106 e. The zero-order valence-electron chi connectivity index (χ0n) is 7.35. The van der Waals surface area contributed by atoms with Gasteiger partial charge in [0.05, 0.1) is 14.1 Å². The van der Waals surface area contributed by atoms with Crippen LogP contribution in [0.15, 0.2) is 5.38 Å². The minimum absolute atomic E-state index is 1.14. The van der Waals surface area contributed by atoms with Crippen molar-refractivity contribution < 1.29 is 4.48 Å². The van der Waals surface area contributed by atoms with Gasteiger partial charge in [0.2, 0.25) is 0 Å². The summed E-state index contributed by atoms with van der Waals surface area (Å²) in [5.74, 6) is 0. The normalized spacial score (nSPS) is 20.3. The molecule has 2 rings (SSSR count). The van der Waals surface area contributed by atoms with Gasteiger partial charge in [-0.15, -0.1) is 11.3 Å².